The summed E-state index contributed by atoms with van der Waals surface area (Å²) in [6.45, 7) is 7.65. The molecule has 3 nitrogen and oxygen atoms in total. The molecule has 0 saturated carbocycles. The maximum Gasteiger partial charge on any atom is 0.0600 e. The summed E-state index contributed by atoms with van der Waals surface area (Å²) in [5.74, 6) is 0. The predicted molar refractivity (Wildman–Crippen MR) is 55.0 cm³/mol. The number of nitrogens with zero attached hydrogens (tertiary/aromatic N) is 1. The van der Waals surface area contributed by atoms with Crippen molar-refractivity contribution in [3.8, 4) is 0 Å². The van der Waals surface area contributed by atoms with Gasteiger partial charge in [-0.25, -0.2) is 0 Å². The minimum atomic E-state index is 0.476. The van der Waals surface area contributed by atoms with Crippen LogP contribution in [0.2, 0.25) is 0 Å². The van der Waals surface area contributed by atoms with E-state index in [1.54, 1.807) is 0 Å². The van der Waals surface area contributed by atoms with Gasteiger partial charge in [-0.1, -0.05) is 6.92 Å². The van der Waals surface area contributed by atoms with E-state index in [1.165, 1.54) is 13.0 Å². The van der Waals surface area contributed by atoms with Crippen LogP contribution in [0.5, 0.6) is 0 Å². The van der Waals surface area contributed by atoms with Crippen LogP contribution in [0.25, 0.3) is 0 Å². The molecule has 0 bridgehead atoms. The van der Waals surface area contributed by atoms with Crippen molar-refractivity contribution in [3.63, 3.8) is 0 Å². The molecule has 1 heterocycles. The molecule has 1 rings (SSSR count). The first-order valence-corrected chi connectivity index (χ1v) is 5.35. The fourth-order valence-corrected chi connectivity index (χ4v) is 1.72. The van der Waals surface area contributed by atoms with E-state index in [0.29, 0.717) is 6.10 Å². The van der Waals surface area contributed by atoms with Gasteiger partial charge in [0.05, 0.1) is 12.7 Å². The van der Waals surface area contributed by atoms with Crippen molar-refractivity contribution in [3.05, 3.63) is 0 Å². The smallest absolute Gasteiger partial charge is 0.0600 e. The molecule has 1 N–H and O–H groups in total. The molecule has 0 radical (unpaired) electrons. The van der Waals surface area contributed by atoms with Crippen LogP contribution < -0.4 is 5.32 Å². The Bertz CT molecular complexity index is 130. The Morgan fingerprint density at radius 3 is 3.00 bits per heavy atom. The standard InChI is InChI=1S/C10H22N2O/c1-3-12-7-5-10(4-6-11-2)13-9-8-12/h10-11H,3-9H2,1-2H3. The van der Waals surface area contributed by atoms with Gasteiger partial charge < -0.3 is 15.0 Å². The second kappa shape index (κ2) is 6.35. The quantitative estimate of drug-likeness (QED) is 0.699. The van der Waals surface area contributed by atoms with Gasteiger partial charge in [0, 0.05) is 13.1 Å². The third-order valence-corrected chi connectivity index (χ3v) is 2.69. The van der Waals surface area contributed by atoms with Crippen LogP contribution in [0.4, 0.5) is 0 Å². The van der Waals surface area contributed by atoms with E-state index in [2.05, 4.69) is 17.1 Å². The second-order valence-corrected chi connectivity index (χ2v) is 3.61. The average Bonchev–Trinajstić information content (AvgIpc) is 2.39. The van der Waals surface area contributed by atoms with Gasteiger partial charge >= 0.3 is 0 Å². The number of ether oxygens (including phenoxy) is 1. The fourth-order valence-electron chi connectivity index (χ4n) is 1.72. The molecule has 78 valence electrons. The number of hydrogen-bond donors (Lipinski definition) is 1. The molecule has 1 aliphatic rings. The number of hydrogen-bond acceptors (Lipinski definition) is 3. The van der Waals surface area contributed by atoms with Gasteiger partial charge in [0.15, 0.2) is 0 Å². The molecule has 0 spiro atoms. The lowest BCUT2D eigenvalue weighted by Crippen LogP contribution is -2.26. The number of rotatable bonds is 4. The molecule has 0 aromatic heterocycles. The summed E-state index contributed by atoms with van der Waals surface area (Å²) in [5.41, 5.74) is 0. The van der Waals surface area contributed by atoms with Gasteiger partial charge in [-0.2, -0.15) is 0 Å². The topological polar surface area (TPSA) is 24.5 Å². The molecule has 3 heteroatoms. The van der Waals surface area contributed by atoms with E-state index >= 15 is 0 Å². The Morgan fingerprint density at radius 2 is 2.31 bits per heavy atom. The SMILES string of the molecule is CCN1CCOC(CCNC)CC1. The second-order valence-electron chi connectivity index (χ2n) is 3.61. The van der Waals surface area contributed by atoms with Crippen LogP contribution in [0.3, 0.4) is 0 Å². The van der Waals surface area contributed by atoms with Gasteiger partial charge in [0.1, 0.15) is 0 Å². The molecule has 13 heavy (non-hydrogen) atoms. The predicted octanol–water partition coefficient (Wildman–Crippen LogP) is 0.707. The van der Waals surface area contributed by atoms with E-state index in [-0.39, 0.29) is 0 Å². The zero-order chi connectivity index (χ0) is 9.52. The Morgan fingerprint density at radius 1 is 1.46 bits per heavy atom. The van der Waals surface area contributed by atoms with Gasteiger partial charge in [0.25, 0.3) is 0 Å². The largest absolute Gasteiger partial charge is 0.377 e. The summed E-state index contributed by atoms with van der Waals surface area (Å²) in [6, 6.07) is 0. The van der Waals surface area contributed by atoms with E-state index in [0.717, 1.165) is 32.7 Å². The van der Waals surface area contributed by atoms with E-state index in [1.807, 2.05) is 7.05 Å². The average molecular weight is 186 g/mol. The summed E-state index contributed by atoms with van der Waals surface area (Å²) in [5, 5.41) is 3.17. The summed E-state index contributed by atoms with van der Waals surface area (Å²) >= 11 is 0. The molecule has 1 fully saturated rings. The monoisotopic (exact) mass is 186 g/mol. The Hall–Kier alpha value is -0.120. The highest BCUT2D eigenvalue weighted by Gasteiger charge is 2.15. The molecule has 1 aliphatic heterocycles. The fraction of sp³-hybridized carbons (Fsp3) is 1.00. The Labute approximate surface area is 81.4 Å². The Kier molecular flexibility index (Phi) is 5.35. The van der Waals surface area contributed by atoms with Crippen LogP contribution in [0.1, 0.15) is 19.8 Å². The van der Waals surface area contributed by atoms with Crippen LogP contribution in [-0.4, -0.2) is 50.8 Å². The van der Waals surface area contributed by atoms with E-state index < -0.39 is 0 Å². The molecule has 0 aromatic carbocycles. The minimum absolute atomic E-state index is 0.476. The van der Waals surface area contributed by atoms with Crippen molar-refractivity contribution in [2.45, 2.75) is 25.9 Å². The van der Waals surface area contributed by atoms with Crippen LogP contribution >= 0.6 is 0 Å². The van der Waals surface area contributed by atoms with Gasteiger partial charge in [0.2, 0.25) is 0 Å². The van der Waals surface area contributed by atoms with Crippen molar-refractivity contribution in [1.29, 1.82) is 0 Å². The molecular formula is C10H22N2O. The highest BCUT2D eigenvalue weighted by Crippen LogP contribution is 2.09. The maximum absolute atomic E-state index is 5.76. The van der Waals surface area contributed by atoms with Crippen molar-refractivity contribution < 1.29 is 4.74 Å². The summed E-state index contributed by atoms with van der Waals surface area (Å²) < 4.78 is 5.76. The lowest BCUT2D eigenvalue weighted by Gasteiger charge is -2.16. The summed E-state index contributed by atoms with van der Waals surface area (Å²) in [7, 11) is 2.00. The van der Waals surface area contributed by atoms with Crippen molar-refractivity contribution >= 4 is 0 Å². The zero-order valence-electron chi connectivity index (χ0n) is 8.88. The Balaban J connectivity index is 2.19. The van der Waals surface area contributed by atoms with Crippen molar-refractivity contribution in [2.24, 2.45) is 0 Å². The first-order chi connectivity index (χ1) is 6.36. The lowest BCUT2D eigenvalue weighted by molar-refractivity contribution is 0.0570. The van der Waals surface area contributed by atoms with E-state index in [4.69, 9.17) is 4.74 Å². The number of likely N-dealkylation sites (N-methyl/N-ethyl adjacent to an activating group) is 1. The third-order valence-electron chi connectivity index (χ3n) is 2.69. The summed E-state index contributed by atoms with van der Waals surface area (Å²) in [4.78, 5) is 2.46. The van der Waals surface area contributed by atoms with Gasteiger partial charge in [-0.3, -0.25) is 0 Å². The van der Waals surface area contributed by atoms with Crippen molar-refractivity contribution in [2.75, 3.05) is 39.8 Å². The van der Waals surface area contributed by atoms with Crippen LogP contribution in [0, 0.1) is 0 Å². The molecule has 0 aromatic rings. The lowest BCUT2D eigenvalue weighted by atomic mass is 10.2. The molecule has 1 saturated heterocycles. The summed E-state index contributed by atoms with van der Waals surface area (Å²) in [6.07, 6.45) is 2.81. The third kappa shape index (κ3) is 4.07. The van der Waals surface area contributed by atoms with E-state index in [9.17, 15) is 0 Å². The normalized spacial score (nSPS) is 25.8. The molecule has 0 amide bonds. The molecule has 0 aliphatic carbocycles. The van der Waals surface area contributed by atoms with Crippen LogP contribution in [-0.2, 0) is 4.74 Å². The molecular weight excluding hydrogens is 164 g/mol. The first-order valence-electron chi connectivity index (χ1n) is 5.35. The van der Waals surface area contributed by atoms with Gasteiger partial charge in [-0.05, 0) is 33.0 Å². The first kappa shape index (κ1) is 11.0. The maximum atomic E-state index is 5.76. The number of nitrogens with one attached hydrogen (secondary N) is 1. The van der Waals surface area contributed by atoms with Gasteiger partial charge in [-0.15, -0.1) is 0 Å². The molecule has 1 unspecified atom stereocenters. The highest BCUT2D eigenvalue weighted by molar-refractivity contribution is 4.68. The van der Waals surface area contributed by atoms with Crippen LogP contribution in [0.15, 0.2) is 0 Å². The highest BCUT2D eigenvalue weighted by atomic mass is 16.5. The van der Waals surface area contributed by atoms with Crippen molar-refractivity contribution in [1.82, 2.24) is 10.2 Å². The zero-order valence-corrected chi connectivity index (χ0v) is 8.88. The molecule has 1 atom stereocenters. The minimum Gasteiger partial charge on any atom is -0.377 e.